The van der Waals surface area contributed by atoms with Gasteiger partial charge in [-0.3, -0.25) is 24.3 Å². The second-order valence-electron chi connectivity index (χ2n) is 16.4. The minimum atomic E-state index is -1.02. The summed E-state index contributed by atoms with van der Waals surface area (Å²) >= 11 is 0. The third-order valence-corrected chi connectivity index (χ3v) is 12.6. The van der Waals surface area contributed by atoms with Crippen molar-refractivity contribution in [1.29, 1.82) is 0 Å². The number of aryl methyl sites for hydroxylation is 2. The van der Waals surface area contributed by atoms with E-state index in [-0.39, 0.29) is 43.5 Å². The summed E-state index contributed by atoms with van der Waals surface area (Å²) in [6.07, 6.45) is 2.55. The van der Waals surface area contributed by atoms with Crippen molar-refractivity contribution in [3.05, 3.63) is 58.7 Å². The maximum absolute atomic E-state index is 14.2. The number of carbonyl (C=O) groups excluding carboxylic acids is 4. The number of piperidine rings is 2. The topological polar surface area (TPSA) is 148 Å². The fourth-order valence-corrected chi connectivity index (χ4v) is 9.15. The van der Waals surface area contributed by atoms with Gasteiger partial charge in [-0.1, -0.05) is 37.8 Å². The van der Waals surface area contributed by atoms with E-state index in [2.05, 4.69) is 20.0 Å². The molecule has 5 aliphatic heterocycles. The molecule has 0 bridgehead atoms. The number of urea groups is 1. The van der Waals surface area contributed by atoms with E-state index in [4.69, 9.17) is 14.2 Å². The number of anilines is 1. The number of hydrogen-bond acceptors (Lipinski definition) is 11. The number of phenolic OH excluding ortho intramolecular Hbond substituents is 1. The number of amides is 4. The van der Waals surface area contributed by atoms with Gasteiger partial charge in [-0.05, 0) is 74.3 Å². The van der Waals surface area contributed by atoms with Gasteiger partial charge in [0.15, 0.2) is 6.10 Å². The molecule has 59 heavy (non-hydrogen) atoms. The summed E-state index contributed by atoms with van der Waals surface area (Å²) in [5.41, 5.74) is 4.19. The molecule has 324 valence electrons. The number of ether oxygens (including phenoxy) is 3. The highest BCUT2D eigenvalue weighted by molar-refractivity contribution is 5.91. The number of carbonyl (C=O) groups is 4. The summed E-state index contributed by atoms with van der Waals surface area (Å²) in [6.45, 7) is 13.9. The molecule has 0 radical (unpaired) electrons. The van der Waals surface area contributed by atoms with E-state index in [9.17, 15) is 24.3 Å². The molecule has 2 aromatic carbocycles. The maximum atomic E-state index is 14.2. The summed E-state index contributed by atoms with van der Waals surface area (Å²) < 4.78 is 17.0. The van der Waals surface area contributed by atoms with Crippen molar-refractivity contribution < 1.29 is 38.5 Å². The van der Waals surface area contributed by atoms with Crippen LogP contribution >= 0.6 is 0 Å². The van der Waals surface area contributed by atoms with Crippen molar-refractivity contribution in [2.24, 2.45) is 0 Å². The Hall–Kier alpha value is -4.44. The normalized spacial score (nSPS) is 20.8. The van der Waals surface area contributed by atoms with Gasteiger partial charge in [-0.2, -0.15) is 0 Å². The monoisotopic (exact) mass is 819 g/mol. The van der Waals surface area contributed by atoms with Crippen LogP contribution in [0.15, 0.2) is 36.4 Å². The Bertz CT molecular complexity index is 1720. The Balaban J connectivity index is 0.00000585. The highest BCUT2D eigenvalue weighted by Crippen LogP contribution is 2.27. The number of hydrogen-bond donors (Lipinski definition) is 2. The Morgan fingerprint density at radius 3 is 2.19 bits per heavy atom. The van der Waals surface area contributed by atoms with Crippen LogP contribution in [-0.2, 0) is 36.6 Å². The SMILES string of the molecule is C.Cc1cc(C[C@@H](OC(=O)N2CCC(N3CCc4ccccc4NC3=O)CC2)C(=O)N2CCN(C3CCN(CC(=O)OCCN4CCOCC4)CC3)CC2)cc(C)c1O. The van der Waals surface area contributed by atoms with Crippen LogP contribution in [0.5, 0.6) is 5.75 Å². The number of morpholine rings is 1. The molecule has 0 aliphatic carbocycles. The Morgan fingerprint density at radius 2 is 1.49 bits per heavy atom. The number of likely N-dealkylation sites (tertiary alicyclic amines) is 2. The van der Waals surface area contributed by atoms with Crippen molar-refractivity contribution in [3.63, 3.8) is 0 Å². The van der Waals surface area contributed by atoms with Gasteiger partial charge in [-0.25, -0.2) is 9.59 Å². The molecule has 5 heterocycles. The third kappa shape index (κ3) is 11.4. The molecule has 4 saturated heterocycles. The molecule has 2 aromatic rings. The largest absolute Gasteiger partial charge is 0.507 e. The number of aromatic hydroxyl groups is 1. The van der Waals surface area contributed by atoms with Crippen LogP contribution in [0.3, 0.4) is 0 Å². The van der Waals surface area contributed by atoms with E-state index < -0.39 is 12.2 Å². The lowest BCUT2D eigenvalue weighted by atomic mass is 10.00. The highest BCUT2D eigenvalue weighted by Gasteiger charge is 2.37. The molecule has 5 aliphatic rings. The quantitative estimate of drug-likeness (QED) is 0.320. The number of esters is 1. The third-order valence-electron chi connectivity index (χ3n) is 12.6. The molecular weight excluding hydrogens is 755 g/mol. The molecule has 4 fully saturated rings. The van der Waals surface area contributed by atoms with Gasteiger partial charge in [0.2, 0.25) is 0 Å². The zero-order valence-electron chi connectivity index (χ0n) is 34.2. The van der Waals surface area contributed by atoms with Gasteiger partial charge in [-0.15, -0.1) is 0 Å². The van der Waals surface area contributed by atoms with Gasteiger partial charge in [0.05, 0.1) is 19.8 Å². The first-order valence-corrected chi connectivity index (χ1v) is 21.2. The number of para-hydroxylation sites is 1. The van der Waals surface area contributed by atoms with Gasteiger partial charge < -0.3 is 39.3 Å². The predicted molar refractivity (Wildman–Crippen MR) is 225 cm³/mol. The van der Waals surface area contributed by atoms with Crippen molar-refractivity contribution in [2.45, 2.75) is 78.0 Å². The molecule has 15 heteroatoms. The Kier molecular flexibility index (Phi) is 15.5. The Morgan fingerprint density at radius 1 is 0.831 bits per heavy atom. The number of rotatable bonds is 11. The average molecular weight is 820 g/mol. The number of benzene rings is 2. The molecule has 0 spiro atoms. The second-order valence-corrected chi connectivity index (χ2v) is 16.4. The fourth-order valence-electron chi connectivity index (χ4n) is 9.15. The number of phenols is 1. The van der Waals surface area contributed by atoms with E-state index >= 15 is 0 Å². The van der Waals surface area contributed by atoms with Crippen LogP contribution in [0.2, 0.25) is 0 Å². The fraction of sp³-hybridized carbons (Fsp3) is 0.636. The maximum Gasteiger partial charge on any atom is 0.410 e. The van der Waals surface area contributed by atoms with Crippen LogP contribution in [0.25, 0.3) is 0 Å². The first-order valence-electron chi connectivity index (χ1n) is 21.2. The van der Waals surface area contributed by atoms with Crippen LogP contribution in [0.1, 0.15) is 55.4 Å². The van der Waals surface area contributed by atoms with Crippen molar-refractivity contribution in [1.82, 2.24) is 29.4 Å². The molecule has 1 atom stereocenters. The minimum absolute atomic E-state index is 0. The standard InChI is InChI=1S/C43H61N7O8.CH4/c1-31-27-33(28-32(2)40(31)52)29-38(58-43(55)49-14-10-36(11-15-49)50-16-7-34-5-3-4-6-37(34)44-42(50)54)41(53)48-19-17-47(18-20-48)35-8-12-46(13-9-35)30-39(51)57-26-23-45-21-24-56-25-22-45;/h3-6,27-28,35-36,38,52H,7-26,29-30H2,1-2H3,(H,44,54);1H4/t38-;/m1./s1. The molecule has 15 nitrogen and oxygen atoms in total. The number of fused-ring (bicyclic) bond motifs is 1. The molecular formula is C44H65N7O8. The molecule has 0 unspecified atom stereocenters. The van der Waals surface area contributed by atoms with E-state index in [1.807, 2.05) is 60.0 Å². The smallest absolute Gasteiger partial charge is 0.410 e. The average Bonchev–Trinajstić information content (AvgIpc) is 3.41. The first-order chi connectivity index (χ1) is 28.1. The molecule has 0 saturated carbocycles. The predicted octanol–water partition coefficient (Wildman–Crippen LogP) is 3.73. The highest BCUT2D eigenvalue weighted by atomic mass is 16.6. The van der Waals surface area contributed by atoms with Gasteiger partial charge in [0.1, 0.15) is 12.4 Å². The van der Waals surface area contributed by atoms with Crippen LogP contribution in [0, 0.1) is 13.8 Å². The van der Waals surface area contributed by atoms with Gasteiger partial charge in [0.25, 0.3) is 5.91 Å². The summed E-state index contributed by atoms with van der Waals surface area (Å²) in [7, 11) is 0. The van der Waals surface area contributed by atoms with E-state index in [1.54, 1.807) is 4.90 Å². The summed E-state index contributed by atoms with van der Waals surface area (Å²) in [6, 6.07) is 11.8. The molecule has 2 N–H and O–H groups in total. The summed E-state index contributed by atoms with van der Waals surface area (Å²) in [4.78, 5) is 65.9. The van der Waals surface area contributed by atoms with Crippen molar-refractivity contribution in [2.75, 3.05) is 110 Å². The molecule has 0 aromatic heterocycles. The van der Waals surface area contributed by atoms with Crippen LogP contribution in [0.4, 0.5) is 15.3 Å². The van der Waals surface area contributed by atoms with Crippen molar-refractivity contribution in [3.8, 4) is 5.75 Å². The summed E-state index contributed by atoms with van der Waals surface area (Å²) in [5.74, 6) is -0.173. The number of nitrogens with one attached hydrogen (secondary N) is 1. The van der Waals surface area contributed by atoms with Gasteiger partial charge >= 0.3 is 18.1 Å². The lowest BCUT2D eigenvalue weighted by Gasteiger charge is -2.43. The lowest BCUT2D eigenvalue weighted by Crippen LogP contribution is -2.57. The lowest BCUT2D eigenvalue weighted by molar-refractivity contribution is -0.146. The van der Waals surface area contributed by atoms with E-state index in [0.29, 0.717) is 75.9 Å². The van der Waals surface area contributed by atoms with Crippen LogP contribution in [-0.4, -0.2) is 182 Å². The first kappa shape index (κ1) is 44.1. The van der Waals surface area contributed by atoms with E-state index in [1.165, 1.54) is 0 Å². The zero-order chi connectivity index (χ0) is 40.6. The summed E-state index contributed by atoms with van der Waals surface area (Å²) in [5, 5.41) is 13.5. The van der Waals surface area contributed by atoms with E-state index in [0.717, 1.165) is 95.1 Å². The second kappa shape index (κ2) is 20.7. The number of nitrogens with zero attached hydrogens (tertiary/aromatic N) is 6. The van der Waals surface area contributed by atoms with Gasteiger partial charge in [0, 0.05) is 103 Å². The van der Waals surface area contributed by atoms with Crippen molar-refractivity contribution >= 4 is 29.7 Å². The molecule has 4 amide bonds. The minimum Gasteiger partial charge on any atom is -0.507 e. The Labute approximate surface area is 349 Å². The van der Waals surface area contributed by atoms with Crippen LogP contribution < -0.4 is 5.32 Å². The zero-order valence-corrected chi connectivity index (χ0v) is 34.2. The number of piperazine rings is 1. The molecule has 7 rings (SSSR count).